The van der Waals surface area contributed by atoms with Crippen LogP contribution in [0.5, 0.6) is 0 Å². The van der Waals surface area contributed by atoms with Crippen molar-refractivity contribution >= 4 is 11.8 Å². The Labute approximate surface area is 135 Å². The van der Waals surface area contributed by atoms with Gasteiger partial charge in [-0.2, -0.15) is 5.10 Å². The summed E-state index contributed by atoms with van der Waals surface area (Å²) in [4.78, 5) is 28.2. The molecule has 1 aliphatic heterocycles. The minimum atomic E-state index is -0.363. The smallest absolute Gasteiger partial charge is 0.257 e. The number of hydrogen-bond acceptors (Lipinski definition) is 3. The van der Waals surface area contributed by atoms with Gasteiger partial charge in [0.2, 0.25) is 5.91 Å². The van der Waals surface area contributed by atoms with Crippen LogP contribution in [0, 0.1) is 0 Å². The lowest BCUT2D eigenvalue weighted by atomic mass is 10.2. The predicted molar refractivity (Wildman–Crippen MR) is 86.3 cm³/mol. The molecule has 0 radical (unpaired) electrons. The highest BCUT2D eigenvalue weighted by atomic mass is 16.2. The monoisotopic (exact) mass is 312 g/mol. The molecule has 120 valence electrons. The molecule has 0 N–H and O–H groups in total. The molecule has 1 aromatic carbocycles. The van der Waals surface area contributed by atoms with Gasteiger partial charge in [-0.3, -0.25) is 9.59 Å². The maximum atomic E-state index is 12.7. The summed E-state index contributed by atoms with van der Waals surface area (Å²) in [6.45, 7) is 0.611. The number of likely N-dealkylation sites (N-methyl/N-ethyl adjacent to an activating group) is 1. The first-order valence-corrected chi connectivity index (χ1v) is 7.70. The summed E-state index contributed by atoms with van der Waals surface area (Å²) in [5.74, 6) is -0.156. The zero-order valence-electron chi connectivity index (χ0n) is 13.3. The molecule has 2 aromatic rings. The Morgan fingerprint density at radius 1 is 1.22 bits per heavy atom. The molecule has 1 fully saturated rings. The average Bonchev–Trinajstić information content (AvgIpc) is 3.23. The van der Waals surface area contributed by atoms with E-state index in [1.807, 2.05) is 30.3 Å². The fourth-order valence-electron chi connectivity index (χ4n) is 2.89. The van der Waals surface area contributed by atoms with Crippen molar-refractivity contribution in [3.63, 3.8) is 0 Å². The SMILES string of the molecule is CN(C)C(=O)C1CCCN1C(=O)c1cnn(-c2ccccc2)c1. The molecular formula is C17H20N4O2. The maximum absolute atomic E-state index is 12.7. The van der Waals surface area contributed by atoms with Crippen molar-refractivity contribution in [2.75, 3.05) is 20.6 Å². The molecule has 0 spiro atoms. The minimum Gasteiger partial charge on any atom is -0.347 e. The van der Waals surface area contributed by atoms with E-state index < -0.39 is 0 Å². The van der Waals surface area contributed by atoms with Gasteiger partial charge in [-0.25, -0.2) is 4.68 Å². The van der Waals surface area contributed by atoms with Crippen molar-refractivity contribution < 1.29 is 9.59 Å². The number of aromatic nitrogens is 2. The normalized spacial score (nSPS) is 17.3. The van der Waals surface area contributed by atoms with Gasteiger partial charge >= 0.3 is 0 Å². The molecule has 3 rings (SSSR count). The first-order valence-electron chi connectivity index (χ1n) is 7.70. The molecule has 1 saturated heterocycles. The highest BCUT2D eigenvalue weighted by Crippen LogP contribution is 2.21. The van der Waals surface area contributed by atoms with E-state index in [2.05, 4.69) is 5.10 Å². The quantitative estimate of drug-likeness (QED) is 0.864. The third-order valence-corrected chi connectivity index (χ3v) is 4.09. The fraction of sp³-hybridized carbons (Fsp3) is 0.353. The van der Waals surface area contributed by atoms with Crippen LogP contribution in [0.3, 0.4) is 0 Å². The van der Waals surface area contributed by atoms with Crippen molar-refractivity contribution in [2.24, 2.45) is 0 Å². The summed E-state index contributed by atoms with van der Waals surface area (Å²) >= 11 is 0. The van der Waals surface area contributed by atoms with Crippen molar-refractivity contribution in [3.05, 3.63) is 48.3 Å². The summed E-state index contributed by atoms with van der Waals surface area (Å²) in [5.41, 5.74) is 1.40. The van der Waals surface area contributed by atoms with Gasteiger partial charge in [0, 0.05) is 26.8 Å². The van der Waals surface area contributed by atoms with Crippen LogP contribution in [0.4, 0.5) is 0 Å². The second-order valence-electron chi connectivity index (χ2n) is 5.90. The van der Waals surface area contributed by atoms with E-state index in [0.29, 0.717) is 12.1 Å². The third kappa shape index (κ3) is 2.97. The van der Waals surface area contributed by atoms with Crippen LogP contribution in [0.25, 0.3) is 5.69 Å². The van der Waals surface area contributed by atoms with E-state index in [9.17, 15) is 9.59 Å². The lowest BCUT2D eigenvalue weighted by molar-refractivity contribution is -0.132. The van der Waals surface area contributed by atoms with E-state index >= 15 is 0 Å². The molecule has 1 aromatic heterocycles. The van der Waals surface area contributed by atoms with Crippen molar-refractivity contribution in [3.8, 4) is 5.69 Å². The van der Waals surface area contributed by atoms with Crippen LogP contribution in [0.1, 0.15) is 23.2 Å². The Hall–Kier alpha value is -2.63. The van der Waals surface area contributed by atoms with Crippen LogP contribution < -0.4 is 0 Å². The van der Waals surface area contributed by atoms with Gasteiger partial charge in [-0.15, -0.1) is 0 Å². The van der Waals surface area contributed by atoms with Gasteiger partial charge in [0.25, 0.3) is 5.91 Å². The fourth-order valence-corrected chi connectivity index (χ4v) is 2.89. The van der Waals surface area contributed by atoms with Crippen LogP contribution in [-0.2, 0) is 4.79 Å². The predicted octanol–water partition coefficient (Wildman–Crippen LogP) is 1.57. The van der Waals surface area contributed by atoms with Crippen LogP contribution >= 0.6 is 0 Å². The molecule has 0 aliphatic carbocycles. The van der Waals surface area contributed by atoms with Crippen molar-refractivity contribution in [1.29, 1.82) is 0 Å². The highest BCUT2D eigenvalue weighted by Gasteiger charge is 2.35. The second-order valence-corrected chi connectivity index (χ2v) is 5.90. The van der Waals surface area contributed by atoms with Gasteiger partial charge in [-0.05, 0) is 25.0 Å². The van der Waals surface area contributed by atoms with Gasteiger partial charge in [0.15, 0.2) is 0 Å². The summed E-state index contributed by atoms with van der Waals surface area (Å²) in [6, 6.07) is 9.26. The standard InChI is InChI=1S/C17H20N4O2/c1-19(2)17(23)15-9-6-10-20(15)16(22)13-11-18-21(12-13)14-7-4-3-5-8-14/h3-5,7-8,11-12,15H,6,9-10H2,1-2H3. The average molecular weight is 312 g/mol. The lowest BCUT2D eigenvalue weighted by Gasteiger charge is -2.25. The number of hydrogen-bond donors (Lipinski definition) is 0. The Morgan fingerprint density at radius 3 is 2.65 bits per heavy atom. The highest BCUT2D eigenvalue weighted by molar-refractivity contribution is 5.97. The van der Waals surface area contributed by atoms with Gasteiger partial charge in [0.05, 0.1) is 17.4 Å². The van der Waals surface area contributed by atoms with E-state index in [1.54, 1.807) is 41.0 Å². The molecule has 2 amide bonds. The molecule has 1 atom stereocenters. The number of likely N-dealkylation sites (tertiary alicyclic amines) is 1. The molecular weight excluding hydrogens is 292 g/mol. The Kier molecular flexibility index (Phi) is 4.14. The zero-order valence-corrected chi connectivity index (χ0v) is 13.3. The number of para-hydroxylation sites is 1. The number of benzene rings is 1. The van der Waals surface area contributed by atoms with Gasteiger partial charge in [0.1, 0.15) is 6.04 Å². The molecule has 0 bridgehead atoms. The number of amides is 2. The van der Waals surface area contributed by atoms with Crippen molar-refractivity contribution in [1.82, 2.24) is 19.6 Å². The number of rotatable bonds is 3. The van der Waals surface area contributed by atoms with E-state index in [0.717, 1.165) is 18.5 Å². The lowest BCUT2D eigenvalue weighted by Crippen LogP contribution is -2.45. The molecule has 0 saturated carbocycles. The van der Waals surface area contributed by atoms with Crippen LogP contribution in [0.15, 0.2) is 42.7 Å². The Morgan fingerprint density at radius 2 is 1.96 bits per heavy atom. The van der Waals surface area contributed by atoms with Crippen LogP contribution in [-0.4, -0.2) is 58.1 Å². The first kappa shape index (κ1) is 15.3. The number of carbonyl (C=O) groups excluding carboxylic acids is 2. The Balaban J connectivity index is 1.81. The van der Waals surface area contributed by atoms with Crippen LogP contribution in [0.2, 0.25) is 0 Å². The topological polar surface area (TPSA) is 58.4 Å². The molecule has 6 nitrogen and oxygen atoms in total. The molecule has 1 unspecified atom stereocenters. The first-order chi connectivity index (χ1) is 11.1. The van der Waals surface area contributed by atoms with Gasteiger partial charge < -0.3 is 9.80 Å². The van der Waals surface area contributed by atoms with E-state index in [1.165, 1.54) is 0 Å². The summed E-state index contributed by atoms with van der Waals surface area (Å²) < 4.78 is 1.67. The Bertz CT molecular complexity index is 708. The largest absolute Gasteiger partial charge is 0.347 e. The second kappa shape index (κ2) is 6.24. The minimum absolute atomic E-state index is 0.0219. The molecule has 2 heterocycles. The van der Waals surface area contributed by atoms with E-state index in [4.69, 9.17) is 0 Å². The molecule has 23 heavy (non-hydrogen) atoms. The third-order valence-electron chi connectivity index (χ3n) is 4.09. The molecule has 6 heteroatoms. The summed E-state index contributed by atoms with van der Waals surface area (Å²) in [6.07, 6.45) is 4.84. The van der Waals surface area contributed by atoms with E-state index in [-0.39, 0.29) is 17.9 Å². The summed E-state index contributed by atoms with van der Waals surface area (Å²) in [7, 11) is 3.44. The van der Waals surface area contributed by atoms with Crippen molar-refractivity contribution in [2.45, 2.75) is 18.9 Å². The number of carbonyl (C=O) groups is 2. The number of nitrogens with zero attached hydrogens (tertiary/aromatic N) is 4. The maximum Gasteiger partial charge on any atom is 0.257 e. The zero-order chi connectivity index (χ0) is 16.4. The summed E-state index contributed by atoms with van der Waals surface area (Å²) in [5, 5.41) is 4.26. The molecule has 1 aliphatic rings. The van der Waals surface area contributed by atoms with Gasteiger partial charge in [-0.1, -0.05) is 18.2 Å².